The van der Waals surface area contributed by atoms with E-state index >= 15 is 0 Å². The summed E-state index contributed by atoms with van der Waals surface area (Å²) >= 11 is 0. The van der Waals surface area contributed by atoms with E-state index in [1.807, 2.05) is 20.8 Å². The second-order valence-corrected chi connectivity index (χ2v) is 11.0. The molecule has 0 saturated heterocycles. The van der Waals surface area contributed by atoms with Crippen molar-refractivity contribution in [2.45, 2.75) is 31.1 Å². The van der Waals surface area contributed by atoms with E-state index in [0.717, 1.165) is 5.56 Å². The first-order valence-electron chi connectivity index (χ1n) is 12.0. The van der Waals surface area contributed by atoms with Gasteiger partial charge < -0.3 is 19.3 Å². The van der Waals surface area contributed by atoms with Gasteiger partial charge in [-0.1, -0.05) is 45.0 Å². The van der Waals surface area contributed by atoms with Crippen molar-refractivity contribution in [3.8, 4) is 34.8 Å². The first-order valence-corrected chi connectivity index (χ1v) is 13.5. The van der Waals surface area contributed by atoms with Crippen molar-refractivity contribution < 1.29 is 27.7 Å². The van der Waals surface area contributed by atoms with Crippen LogP contribution in [0.25, 0.3) is 11.6 Å². The molecular weight excluding hydrogens is 660 g/mol. The quantitative estimate of drug-likeness (QED) is 0.238. The molecule has 208 valence electrons. The normalized spacial score (nSPS) is 11.3. The first kappa shape index (κ1) is 31.8. The molecular formula is C27H31BaN5O6S. The summed E-state index contributed by atoms with van der Waals surface area (Å²) in [7, 11) is -2.66. The number of anilines is 1. The SMILES string of the molecule is COc1ccccc1Oc1c(NS(=O)(=O)c2ccc(C(C)(C)C)cc2)nc(-c2ncccn2)nc1OCCO.[BaH2]. The number of methoxy groups -OCH3 is 1. The van der Waals surface area contributed by atoms with Crippen LogP contribution >= 0.6 is 0 Å². The average molecular weight is 691 g/mol. The van der Waals surface area contributed by atoms with Gasteiger partial charge in [-0.25, -0.2) is 23.4 Å². The van der Waals surface area contributed by atoms with E-state index in [1.165, 1.54) is 31.6 Å². The Labute approximate surface area is 273 Å². The topological polar surface area (TPSA) is 146 Å². The van der Waals surface area contributed by atoms with Crippen molar-refractivity contribution in [1.82, 2.24) is 19.9 Å². The Morgan fingerprint density at radius 3 is 2.15 bits per heavy atom. The summed E-state index contributed by atoms with van der Waals surface area (Å²) in [6.07, 6.45) is 3.00. The Morgan fingerprint density at radius 1 is 0.900 bits per heavy atom. The number of para-hydroxylation sites is 2. The maximum atomic E-state index is 13.5. The molecule has 13 heteroatoms. The van der Waals surface area contributed by atoms with Crippen LogP contribution in [0.1, 0.15) is 26.3 Å². The molecule has 11 nitrogen and oxygen atoms in total. The summed E-state index contributed by atoms with van der Waals surface area (Å²) < 4.78 is 46.6. The van der Waals surface area contributed by atoms with Crippen LogP contribution < -0.4 is 18.9 Å². The minimum absolute atomic E-state index is 0. The fraction of sp³-hybridized carbons (Fsp3) is 0.259. The zero-order valence-corrected chi connectivity index (χ0v) is 22.8. The third-order valence-electron chi connectivity index (χ3n) is 5.47. The van der Waals surface area contributed by atoms with E-state index in [0.29, 0.717) is 5.75 Å². The van der Waals surface area contributed by atoms with Crippen molar-refractivity contribution >= 4 is 64.7 Å². The second-order valence-electron chi connectivity index (χ2n) is 9.31. The molecule has 2 N–H and O–H groups in total. The van der Waals surface area contributed by atoms with E-state index in [9.17, 15) is 13.5 Å². The van der Waals surface area contributed by atoms with Crippen LogP contribution in [-0.4, -0.2) is 103 Å². The molecule has 0 saturated carbocycles. The van der Waals surface area contributed by atoms with Crippen molar-refractivity contribution in [3.05, 3.63) is 72.6 Å². The molecule has 0 bridgehead atoms. The van der Waals surface area contributed by atoms with Crippen LogP contribution in [0.15, 0.2) is 71.9 Å². The van der Waals surface area contributed by atoms with Gasteiger partial charge in [0.25, 0.3) is 15.9 Å². The number of nitrogens with zero attached hydrogens (tertiary/aromatic N) is 4. The third kappa shape index (κ3) is 7.72. The molecule has 2 aromatic heterocycles. The van der Waals surface area contributed by atoms with Crippen molar-refractivity contribution in [3.63, 3.8) is 0 Å². The first-order chi connectivity index (χ1) is 18.6. The summed E-state index contributed by atoms with van der Waals surface area (Å²) in [5.74, 6) is 0.271. The number of benzene rings is 2. The van der Waals surface area contributed by atoms with Crippen molar-refractivity contribution in [1.29, 1.82) is 0 Å². The summed E-state index contributed by atoms with van der Waals surface area (Å²) in [5, 5.41) is 9.40. The second kappa shape index (κ2) is 13.8. The Kier molecular flexibility index (Phi) is 10.9. The van der Waals surface area contributed by atoms with Gasteiger partial charge in [-0.3, -0.25) is 4.72 Å². The Balaban J connectivity index is 0.00000441. The number of aliphatic hydroxyl groups is 1. The van der Waals surface area contributed by atoms with Crippen LogP contribution in [0, 0.1) is 0 Å². The minimum atomic E-state index is -4.14. The molecule has 2 aromatic carbocycles. The molecule has 4 rings (SSSR count). The summed E-state index contributed by atoms with van der Waals surface area (Å²) in [6.45, 7) is 5.65. The van der Waals surface area contributed by atoms with Gasteiger partial charge >= 0.3 is 48.9 Å². The summed E-state index contributed by atoms with van der Waals surface area (Å²) in [5.41, 5.74) is 0.827. The van der Waals surface area contributed by atoms with Gasteiger partial charge in [0.1, 0.15) is 6.61 Å². The molecule has 40 heavy (non-hydrogen) atoms. The van der Waals surface area contributed by atoms with Gasteiger partial charge in [0, 0.05) is 12.4 Å². The predicted molar refractivity (Wildman–Crippen MR) is 153 cm³/mol. The fourth-order valence-corrected chi connectivity index (χ4v) is 4.48. The van der Waals surface area contributed by atoms with Gasteiger partial charge in [0.15, 0.2) is 23.1 Å². The number of aromatic nitrogens is 4. The van der Waals surface area contributed by atoms with Gasteiger partial charge in [-0.2, -0.15) is 4.98 Å². The van der Waals surface area contributed by atoms with E-state index < -0.39 is 10.0 Å². The molecule has 0 unspecified atom stereocenters. The number of hydrogen-bond acceptors (Lipinski definition) is 10. The Hall–Kier alpha value is -2.72. The molecule has 0 radical (unpaired) electrons. The molecule has 0 aliphatic heterocycles. The number of hydrogen-bond donors (Lipinski definition) is 2. The fourth-order valence-electron chi connectivity index (χ4n) is 3.48. The van der Waals surface area contributed by atoms with E-state index in [-0.39, 0.29) is 107 Å². The molecule has 0 amide bonds. The zero-order chi connectivity index (χ0) is 28.0. The summed E-state index contributed by atoms with van der Waals surface area (Å²) in [4.78, 5) is 17.1. The molecule has 0 atom stereocenters. The molecule has 0 fully saturated rings. The van der Waals surface area contributed by atoms with Crippen molar-refractivity contribution in [2.24, 2.45) is 0 Å². The molecule has 2 heterocycles. The molecule has 0 spiro atoms. The van der Waals surface area contributed by atoms with Gasteiger partial charge in [-0.15, -0.1) is 0 Å². The predicted octanol–water partition coefficient (Wildman–Crippen LogP) is 3.29. The van der Waals surface area contributed by atoms with E-state index in [1.54, 1.807) is 42.5 Å². The third-order valence-corrected chi connectivity index (χ3v) is 6.83. The van der Waals surface area contributed by atoms with Crippen LogP contribution in [0.5, 0.6) is 23.1 Å². The van der Waals surface area contributed by atoms with Gasteiger partial charge in [0.2, 0.25) is 11.6 Å². The number of sulfonamides is 1. The maximum absolute atomic E-state index is 13.5. The van der Waals surface area contributed by atoms with Gasteiger partial charge in [-0.05, 0) is 41.3 Å². The van der Waals surface area contributed by atoms with Gasteiger partial charge in [0.05, 0.1) is 18.6 Å². The Morgan fingerprint density at radius 2 is 1.55 bits per heavy atom. The molecule has 0 aliphatic carbocycles. The monoisotopic (exact) mass is 691 g/mol. The zero-order valence-electron chi connectivity index (χ0n) is 22.0. The standard InChI is InChI=1S/C27H29N5O6S.Ba.2H/c1-27(2,3)18-10-12-19(13-11-18)39(34,35)32-23-22(38-21-9-6-5-8-20(21)36-4)26(37-17-16-33)31-25(30-23)24-28-14-7-15-29-24;;;/h5-15,33H,16-17H2,1-4H3,(H,30,31,32);;;. The van der Waals surface area contributed by atoms with Crippen LogP contribution in [0.2, 0.25) is 0 Å². The van der Waals surface area contributed by atoms with Crippen molar-refractivity contribution in [2.75, 3.05) is 25.0 Å². The number of ether oxygens (including phenoxy) is 3. The van der Waals surface area contributed by atoms with Crippen LogP contribution in [0.4, 0.5) is 5.82 Å². The summed E-state index contributed by atoms with van der Waals surface area (Å²) in [6, 6.07) is 15.0. The van der Waals surface area contributed by atoms with Crippen LogP contribution in [0.3, 0.4) is 0 Å². The van der Waals surface area contributed by atoms with Crippen LogP contribution in [-0.2, 0) is 15.4 Å². The Bertz CT molecular complexity index is 1530. The van der Waals surface area contributed by atoms with E-state index in [4.69, 9.17) is 14.2 Å². The molecule has 0 aliphatic rings. The molecule has 4 aromatic rings. The number of aliphatic hydroxyl groups excluding tert-OH is 1. The van der Waals surface area contributed by atoms with E-state index in [2.05, 4.69) is 24.7 Å². The number of nitrogens with one attached hydrogen (secondary N) is 1. The number of rotatable bonds is 10. The average Bonchev–Trinajstić information content (AvgIpc) is 2.93.